The summed E-state index contributed by atoms with van der Waals surface area (Å²) in [5, 5.41) is 0. The molecule has 15 heavy (non-hydrogen) atoms. The minimum absolute atomic E-state index is 0.312. The smallest absolute Gasteiger partial charge is 0.127 e. The molecule has 0 aliphatic rings. The van der Waals surface area contributed by atoms with E-state index in [2.05, 4.69) is 0 Å². The molecule has 0 heterocycles. The molecule has 1 aromatic carbocycles. The van der Waals surface area contributed by atoms with Crippen LogP contribution in [0.1, 0.15) is 6.92 Å². The molecule has 0 radical (unpaired) electrons. The van der Waals surface area contributed by atoms with E-state index in [1.165, 1.54) is 12.1 Å². The number of rotatable bonds is 5. The van der Waals surface area contributed by atoms with Crippen molar-refractivity contribution in [3.63, 3.8) is 0 Å². The van der Waals surface area contributed by atoms with Crippen molar-refractivity contribution in [3.05, 3.63) is 24.0 Å². The van der Waals surface area contributed by atoms with Gasteiger partial charge in [-0.15, -0.1) is 0 Å². The highest BCUT2D eigenvalue weighted by Crippen LogP contribution is 2.18. The Bertz CT molecular complexity index is 297. The summed E-state index contributed by atoms with van der Waals surface area (Å²) in [5.41, 5.74) is 6.76. The average Bonchev–Trinajstić information content (AvgIpc) is 2.16. The molecular weight excluding hydrogens is 195 g/mol. The van der Waals surface area contributed by atoms with Crippen molar-refractivity contribution in [2.24, 2.45) is 0 Å². The van der Waals surface area contributed by atoms with Gasteiger partial charge in [-0.25, -0.2) is 4.39 Å². The lowest BCUT2D eigenvalue weighted by Gasteiger charge is -2.19. The van der Waals surface area contributed by atoms with E-state index < -0.39 is 0 Å². The van der Waals surface area contributed by atoms with Gasteiger partial charge in [0.15, 0.2) is 0 Å². The van der Waals surface area contributed by atoms with Gasteiger partial charge in [-0.1, -0.05) is 0 Å². The van der Waals surface area contributed by atoms with E-state index in [9.17, 15) is 4.39 Å². The van der Waals surface area contributed by atoms with E-state index in [1.54, 1.807) is 6.07 Å². The summed E-state index contributed by atoms with van der Waals surface area (Å²) in [6.07, 6.45) is 0. The fraction of sp³-hybridized carbons (Fsp3) is 0.455. The first-order valence-corrected chi connectivity index (χ1v) is 4.98. The minimum atomic E-state index is -0.312. The van der Waals surface area contributed by atoms with Crippen molar-refractivity contribution < 1.29 is 9.13 Å². The number of ether oxygens (including phenoxy) is 1. The van der Waals surface area contributed by atoms with E-state index in [0.29, 0.717) is 18.9 Å². The van der Waals surface area contributed by atoms with E-state index in [1.807, 2.05) is 18.9 Å². The fourth-order valence-electron chi connectivity index (χ4n) is 1.29. The predicted molar refractivity (Wildman–Crippen MR) is 60.6 cm³/mol. The number of hydrogen-bond donors (Lipinski definition) is 1. The molecule has 0 unspecified atom stereocenters. The van der Waals surface area contributed by atoms with Gasteiger partial charge in [0.2, 0.25) is 0 Å². The van der Waals surface area contributed by atoms with E-state index in [4.69, 9.17) is 10.5 Å². The van der Waals surface area contributed by atoms with Crippen molar-refractivity contribution >= 4 is 11.4 Å². The maximum Gasteiger partial charge on any atom is 0.127 e. The first-order valence-electron chi connectivity index (χ1n) is 4.98. The van der Waals surface area contributed by atoms with Crippen LogP contribution in [0.4, 0.5) is 15.8 Å². The van der Waals surface area contributed by atoms with Crippen LogP contribution in [0.15, 0.2) is 18.2 Å². The second kappa shape index (κ2) is 5.56. The monoisotopic (exact) mass is 212 g/mol. The Morgan fingerprint density at radius 3 is 2.73 bits per heavy atom. The summed E-state index contributed by atoms with van der Waals surface area (Å²) < 4.78 is 18.3. The van der Waals surface area contributed by atoms with E-state index >= 15 is 0 Å². The SMILES string of the molecule is CCOCCN(C)c1cc(N)cc(F)c1. The number of benzene rings is 1. The van der Waals surface area contributed by atoms with Crippen molar-refractivity contribution in [2.45, 2.75) is 6.92 Å². The molecule has 2 N–H and O–H groups in total. The second-order valence-electron chi connectivity index (χ2n) is 3.36. The Balaban J connectivity index is 2.60. The van der Waals surface area contributed by atoms with Gasteiger partial charge in [-0.3, -0.25) is 0 Å². The Morgan fingerprint density at radius 2 is 2.13 bits per heavy atom. The van der Waals surface area contributed by atoms with Crippen LogP contribution in [-0.2, 0) is 4.74 Å². The number of hydrogen-bond acceptors (Lipinski definition) is 3. The molecule has 0 spiro atoms. The predicted octanol–water partition coefficient (Wildman–Crippen LogP) is 1.88. The summed E-state index contributed by atoms with van der Waals surface area (Å²) in [6, 6.07) is 4.51. The van der Waals surface area contributed by atoms with Gasteiger partial charge >= 0.3 is 0 Å². The largest absolute Gasteiger partial charge is 0.399 e. The van der Waals surface area contributed by atoms with E-state index in [0.717, 1.165) is 12.2 Å². The van der Waals surface area contributed by atoms with Gasteiger partial charge in [0.05, 0.1) is 6.61 Å². The van der Waals surface area contributed by atoms with Crippen LogP contribution >= 0.6 is 0 Å². The fourth-order valence-corrected chi connectivity index (χ4v) is 1.29. The highest BCUT2D eigenvalue weighted by Gasteiger charge is 2.03. The van der Waals surface area contributed by atoms with Crippen LogP contribution in [0, 0.1) is 5.82 Å². The standard InChI is InChI=1S/C11H17FN2O/c1-3-15-5-4-14(2)11-7-9(12)6-10(13)8-11/h6-8H,3-5,13H2,1-2H3. The van der Waals surface area contributed by atoms with Gasteiger partial charge in [0.25, 0.3) is 0 Å². The molecule has 1 aromatic rings. The zero-order valence-electron chi connectivity index (χ0n) is 9.16. The van der Waals surface area contributed by atoms with Crippen LogP contribution in [0.5, 0.6) is 0 Å². The number of halogens is 1. The van der Waals surface area contributed by atoms with Crippen LogP contribution in [0.2, 0.25) is 0 Å². The van der Waals surface area contributed by atoms with Gasteiger partial charge in [-0.05, 0) is 25.1 Å². The number of nitrogen functional groups attached to an aromatic ring is 1. The van der Waals surface area contributed by atoms with Gasteiger partial charge in [-0.2, -0.15) is 0 Å². The average molecular weight is 212 g/mol. The van der Waals surface area contributed by atoms with E-state index in [-0.39, 0.29) is 5.82 Å². The molecule has 0 aliphatic carbocycles. The lowest BCUT2D eigenvalue weighted by molar-refractivity contribution is 0.154. The molecule has 1 rings (SSSR count). The molecule has 0 aliphatic heterocycles. The molecule has 0 amide bonds. The van der Waals surface area contributed by atoms with Crippen LogP contribution in [0.3, 0.4) is 0 Å². The van der Waals surface area contributed by atoms with Crippen LogP contribution in [0.25, 0.3) is 0 Å². The van der Waals surface area contributed by atoms with Gasteiger partial charge in [0.1, 0.15) is 5.82 Å². The zero-order valence-corrected chi connectivity index (χ0v) is 9.16. The van der Waals surface area contributed by atoms with Gasteiger partial charge < -0.3 is 15.4 Å². The molecule has 0 bridgehead atoms. The molecule has 84 valence electrons. The molecule has 0 saturated carbocycles. The molecule has 0 atom stereocenters. The Morgan fingerprint density at radius 1 is 1.40 bits per heavy atom. The number of nitrogens with two attached hydrogens (primary N) is 1. The lowest BCUT2D eigenvalue weighted by atomic mass is 10.2. The maximum absolute atomic E-state index is 13.0. The summed E-state index contributed by atoms with van der Waals surface area (Å²) in [7, 11) is 1.88. The Kier molecular flexibility index (Phi) is 4.37. The van der Waals surface area contributed by atoms with Crippen molar-refractivity contribution in [1.82, 2.24) is 0 Å². The topological polar surface area (TPSA) is 38.5 Å². The summed E-state index contributed by atoms with van der Waals surface area (Å²) in [6.45, 7) is 3.99. The third-order valence-corrected chi connectivity index (χ3v) is 2.12. The quantitative estimate of drug-likeness (QED) is 0.598. The molecule has 4 heteroatoms. The minimum Gasteiger partial charge on any atom is -0.399 e. The number of likely N-dealkylation sites (N-methyl/N-ethyl adjacent to an activating group) is 1. The van der Waals surface area contributed by atoms with Gasteiger partial charge in [0, 0.05) is 31.6 Å². The number of nitrogens with zero attached hydrogens (tertiary/aromatic N) is 1. The van der Waals surface area contributed by atoms with Crippen molar-refractivity contribution in [2.75, 3.05) is 37.4 Å². The van der Waals surface area contributed by atoms with Crippen molar-refractivity contribution in [1.29, 1.82) is 0 Å². The first kappa shape index (κ1) is 11.8. The first-order chi connectivity index (χ1) is 7.13. The normalized spacial score (nSPS) is 10.3. The molecule has 0 saturated heterocycles. The van der Waals surface area contributed by atoms with Crippen LogP contribution in [-0.4, -0.2) is 26.8 Å². The Hall–Kier alpha value is -1.29. The van der Waals surface area contributed by atoms with Crippen molar-refractivity contribution in [3.8, 4) is 0 Å². The maximum atomic E-state index is 13.0. The number of anilines is 2. The zero-order chi connectivity index (χ0) is 11.3. The lowest BCUT2D eigenvalue weighted by Crippen LogP contribution is -2.22. The molecule has 3 nitrogen and oxygen atoms in total. The highest BCUT2D eigenvalue weighted by atomic mass is 19.1. The highest BCUT2D eigenvalue weighted by molar-refractivity contribution is 5.55. The molecule has 0 fully saturated rings. The summed E-state index contributed by atoms with van der Waals surface area (Å²) in [4.78, 5) is 1.91. The third kappa shape index (κ3) is 3.75. The summed E-state index contributed by atoms with van der Waals surface area (Å²) in [5.74, 6) is -0.312. The molecule has 0 aromatic heterocycles. The summed E-state index contributed by atoms with van der Waals surface area (Å²) >= 11 is 0. The second-order valence-corrected chi connectivity index (χ2v) is 3.36. The molecular formula is C11H17FN2O. The third-order valence-electron chi connectivity index (χ3n) is 2.12. The van der Waals surface area contributed by atoms with Crippen LogP contribution < -0.4 is 10.6 Å². The Labute approximate surface area is 89.6 Å².